The zero-order chi connectivity index (χ0) is 15.9. The van der Waals surface area contributed by atoms with Gasteiger partial charge in [0.1, 0.15) is 4.32 Å². The standard InChI is InChI=1S/C16H20N2O2S2/c1-10-7-12(11(2)17(10)3)8-14-15(19)18(16(21)22-14)9-13-5-4-6-20-13/h7-8,13H,4-6,9H2,1-3H3/b14-8-. The summed E-state index contributed by atoms with van der Waals surface area (Å²) in [7, 11) is 2.03. The maximum Gasteiger partial charge on any atom is 0.266 e. The Balaban J connectivity index is 1.80. The minimum Gasteiger partial charge on any atom is -0.376 e. The van der Waals surface area contributed by atoms with Gasteiger partial charge in [-0.15, -0.1) is 0 Å². The molecule has 0 radical (unpaired) electrons. The van der Waals surface area contributed by atoms with E-state index in [-0.39, 0.29) is 12.0 Å². The van der Waals surface area contributed by atoms with Gasteiger partial charge in [-0.1, -0.05) is 24.0 Å². The summed E-state index contributed by atoms with van der Waals surface area (Å²) in [6, 6.07) is 2.10. The van der Waals surface area contributed by atoms with Crippen molar-refractivity contribution in [1.29, 1.82) is 0 Å². The summed E-state index contributed by atoms with van der Waals surface area (Å²) < 4.78 is 8.38. The Morgan fingerprint density at radius 1 is 1.50 bits per heavy atom. The molecule has 118 valence electrons. The van der Waals surface area contributed by atoms with E-state index in [1.54, 1.807) is 4.90 Å². The van der Waals surface area contributed by atoms with E-state index >= 15 is 0 Å². The first kappa shape index (κ1) is 15.8. The number of aromatic nitrogens is 1. The van der Waals surface area contributed by atoms with Gasteiger partial charge in [0.05, 0.1) is 17.6 Å². The fourth-order valence-electron chi connectivity index (χ4n) is 2.82. The number of thioether (sulfide) groups is 1. The highest BCUT2D eigenvalue weighted by Crippen LogP contribution is 2.34. The molecule has 2 fully saturated rings. The molecule has 2 aliphatic rings. The van der Waals surface area contributed by atoms with Crippen molar-refractivity contribution in [2.75, 3.05) is 13.2 Å². The van der Waals surface area contributed by atoms with E-state index in [4.69, 9.17) is 17.0 Å². The summed E-state index contributed by atoms with van der Waals surface area (Å²) in [6.07, 6.45) is 4.16. The maximum absolute atomic E-state index is 12.6. The Bertz CT molecular complexity index is 657. The first-order chi connectivity index (χ1) is 10.5. The number of thiocarbonyl (C=S) groups is 1. The summed E-state index contributed by atoms with van der Waals surface area (Å²) in [4.78, 5) is 15.0. The van der Waals surface area contributed by atoms with Crippen molar-refractivity contribution in [2.45, 2.75) is 32.8 Å². The van der Waals surface area contributed by atoms with Crippen LogP contribution in [0.2, 0.25) is 0 Å². The van der Waals surface area contributed by atoms with Gasteiger partial charge in [0, 0.05) is 25.0 Å². The number of nitrogens with zero attached hydrogens (tertiary/aromatic N) is 2. The second-order valence-electron chi connectivity index (χ2n) is 5.81. The Morgan fingerprint density at radius 2 is 2.27 bits per heavy atom. The van der Waals surface area contributed by atoms with Crippen LogP contribution >= 0.6 is 24.0 Å². The first-order valence-corrected chi connectivity index (χ1v) is 8.69. The molecule has 22 heavy (non-hydrogen) atoms. The van der Waals surface area contributed by atoms with E-state index < -0.39 is 0 Å². The van der Waals surface area contributed by atoms with Crippen LogP contribution in [0.1, 0.15) is 29.8 Å². The third-order valence-corrected chi connectivity index (χ3v) is 5.76. The minimum absolute atomic E-state index is 0.00593. The van der Waals surface area contributed by atoms with Crippen LogP contribution in [-0.2, 0) is 16.6 Å². The SMILES string of the molecule is Cc1cc(/C=C2\SC(=S)N(CC3CCCO3)C2=O)c(C)n1C. The molecule has 0 bridgehead atoms. The average molecular weight is 336 g/mol. The highest BCUT2D eigenvalue weighted by atomic mass is 32.2. The zero-order valence-corrected chi connectivity index (χ0v) is 14.7. The van der Waals surface area contributed by atoms with Crippen LogP contribution in [0.3, 0.4) is 0 Å². The minimum atomic E-state index is 0.00593. The van der Waals surface area contributed by atoms with Crippen LogP contribution in [-0.4, -0.2) is 39.0 Å². The van der Waals surface area contributed by atoms with E-state index in [9.17, 15) is 4.79 Å². The van der Waals surface area contributed by atoms with Gasteiger partial charge in [-0.25, -0.2) is 0 Å². The van der Waals surface area contributed by atoms with Crippen molar-refractivity contribution in [3.05, 3.63) is 27.9 Å². The molecule has 0 saturated carbocycles. The van der Waals surface area contributed by atoms with Gasteiger partial charge >= 0.3 is 0 Å². The van der Waals surface area contributed by atoms with Crippen LogP contribution in [0.5, 0.6) is 0 Å². The normalized spacial score (nSPS) is 24.0. The molecule has 2 aliphatic heterocycles. The summed E-state index contributed by atoms with van der Waals surface area (Å²) in [5, 5.41) is 0. The number of ether oxygens (including phenoxy) is 1. The van der Waals surface area contributed by atoms with Crippen molar-refractivity contribution in [3.63, 3.8) is 0 Å². The molecule has 1 amide bonds. The Hall–Kier alpha value is -1.11. The van der Waals surface area contributed by atoms with Crippen LogP contribution in [0.4, 0.5) is 0 Å². The van der Waals surface area contributed by atoms with Crippen molar-refractivity contribution < 1.29 is 9.53 Å². The molecule has 0 spiro atoms. The molecule has 1 aromatic heterocycles. The number of hydrogen-bond donors (Lipinski definition) is 0. The largest absolute Gasteiger partial charge is 0.376 e. The van der Waals surface area contributed by atoms with Crippen LogP contribution in [0.15, 0.2) is 11.0 Å². The van der Waals surface area contributed by atoms with E-state index in [2.05, 4.69) is 24.5 Å². The van der Waals surface area contributed by atoms with Crippen molar-refractivity contribution in [3.8, 4) is 0 Å². The van der Waals surface area contributed by atoms with Crippen LogP contribution in [0.25, 0.3) is 6.08 Å². The number of aryl methyl sites for hydroxylation is 1. The summed E-state index contributed by atoms with van der Waals surface area (Å²) in [5.41, 5.74) is 3.41. The van der Waals surface area contributed by atoms with Gasteiger partial charge < -0.3 is 9.30 Å². The molecular weight excluding hydrogens is 316 g/mol. The second kappa shape index (κ2) is 6.18. The maximum atomic E-state index is 12.6. The van der Waals surface area contributed by atoms with E-state index in [0.29, 0.717) is 15.8 Å². The van der Waals surface area contributed by atoms with Gasteiger partial charge in [0.15, 0.2) is 0 Å². The van der Waals surface area contributed by atoms with E-state index in [0.717, 1.165) is 30.7 Å². The molecule has 1 aromatic rings. The fraction of sp³-hybridized carbons (Fsp3) is 0.500. The predicted molar refractivity (Wildman–Crippen MR) is 93.7 cm³/mol. The fourth-order valence-corrected chi connectivity index (χ4v) is 4.09. The molecule has 3 heterocycles. The third-order valence-electron chi connectivity index (χ3n) is 4.38. The average Bonchev–Trinajstić information content (AvgIpc) is 3.14. The molecule has 2 saturated heterocycles. The van der Waals surface area contributed by atoms with E-state index in [1.165, 1.54) is 17.5 Å². The highest BCUT2D eigenvalue weighted by Gasteiger charge is 2.34. The molecule has 3 rings (SSSR count). The molecule has 0 aromatic carbocycles. The van der Waals surface area contributed by atoms with Gasteiger partial charge in [-0.3, -0.25) is 9.69 Å². The lowest BCUT2D eigenvalue weighted by Crippen LogP contribution is -2.35. The number of hydrogen-bond acceptors (Lipinski definition) is 4. The molecule has 1 atom stereocenters. The first-order valence-electron chi connectivity index (χ1n) is 7.47. The number of carbonyl (C=O) groups excluding carboxylic acids is 1. The van der Waals surface area contributed by atoms with Gasteiger partial charge in [-0.2, -0.15) is 0 Å². The summed E-state index contributed by atoms with van der Waals surface area (Å²) in [5.74, 6) is 0.00593. The quantitative estimate of drug-likeness (QED) is 0.628. The van der Waals surface area contributed by atoms with Gasteiger partial charge in [-0.05, 0) is 44.4 Å². The molecule has 4 nitrogen and oxygen atoms in total. The number of amides is 1. The highest BCUT2D eigenvalue weighted by molar-refractivity contribution is 8.26. The number of carbonyl (C=O) groups is 1. The van der Waals surface area contributed by atoms with Crippen molar-refractivity contribution >= 4 is 40.3 Å². The lowest BCUT2D eigenvalue weighted by molar-refractivity contribution is -0.123. The lowest BCUT2D eigenvalue weighted by Gasteiger charge is -2.18. The van der Waals surface area contributed by atoms with Gasteiger partial charge in [0.25, 0.3) is 5.91 Å². The molecule has 1 unspecified atom stereocenters. The van der Waals surface area contributed by atoms with Crippen LogP contribution in [0, 0.1) is 13.8 Å². The third kappa shape index (κ3) is 2.87. The molecule has 0 aliphatic carbocycles. The van der Waals surface area contributed by atoms with Gasteiger partial charge in [0.2, 0.25) is 0 Å². The molecule has 0 N–H and O–H groups in total. The lowest BCUT2D eigenvalue weighted by atomic mass is 10.2. The van der Waals surface area contributed by atoms with Crippen molar-refractivity contribution in [1.82, 2.24) is 9.47 Å². The van der Waals surface area contributed by atoms with Crippen LogP contribution < -0.4 is 0 Å². The Kier molecular flexibility index (Phi) is 4.43. The van der Waals surface area contributed by atoms with Crippen molar-refractivity contribution in [2.24, 2.45) is 7.05 Å². The topological polar surface area (TPSA) is 34.5 Å². The molecule has 6 heteroatoms. The Morgan fingerprint density at radius 3 is 2.86 bits per heavy atom. The number of rotatable bonds is 3. The Labute approximate surface area is 140 Å². The van der Waals surface area contributed by atoms with E-state index in [1.807, 2.05) is 13.1 Å². The molecular formula is C16H20N2O2S2. The summed E-state index contributed by atoms with van der Waals surface area (Å²) in [6.45, 7) is 5.49. The smallest absolute Gasteiger partial charge is 0.266 e. The second-order valence-corrected chi connectivity index (χ2v) is 7.49. The monoisotopic (exact) mass is 336 g/mol. The summed E-state index contributed by atoms with van der Waals surface area (Å²) >= 11 is 6.76. The predicted octanol–water partition coefficient (Wildman–Crippen LogP) is 3.02. The zero-order valence-electron chi connectivity index (χ0n) is 13.1.